The monoisotopic (exact) mass is 306 g/mol. The summed E-state index contributed by atoms with van der Waals surface area (Å²) in [7, 11) is 1.87. The smallest absolute Gasteiger partial charge is 0.270 e. The Morgan fingerprint density at radius 2 is 2.00 bits per heavy atom. The number of hydrogen-bond acceptors (Lipinski definition) is 4. The number of rotatable bonds is 6. The van der Waals surface area contributed by atoms with Gasteiger partial charge in [0.05, 0.1) is 9.95 Å². The number of ether oxygens (including phenoxy) is 1. The van der Waals surface area contributed by atoms with Gasteiger partial charge in [0.2, 0.25) is 0 Å². The van der Waals surface area contributed by atoms with E-state index in [0.717, 1.165) is 11.3 Å². The van der Waals surface area contributed by atoms with Crippen LogP contribution in [0.3, 0.4) is 0 Å². The zero-order chi connectivity index (χ0) is 15.2. The fourth-order valence-electron chi connectivity index (χ4n) is 1.90. The molecule has 2 aromatic carbocycles. The second kappa shape index (κ2) is 7.06. The van der Waals surface area contributed by atoms with Crippen molar-refractivity contribution < 1.29 is 9.66 Å². The molecule has 0 aliphatic heterocycles. The van der Waals surface area contributed by atoms with Crippen molar-refractivity contribution in [2.75, 3.05) is 7.05 Å². The highest BCUT2D eigenvalue weighted by atomic mass is 35.5. The van der Waals surface area contributed by atoms with Gasteiger partial charge in [-0.05, 0) is 19.2 Å². The zero-order valence-electron chi connectivity index (χ0n) is 11.5. The van der Waals surface area contributed by atoms with Crippen molar-refractivity contribution in [1.29, 1.82) is 0 Å². The first-order valence-electron chi connectivity index (χ1n) is 6.40. The molecule has 0 unspecified atom stereocenters. The number of nitro groups is 1. The van der Waals surface area contributed by atoms with Crippen LogP contribution in [0, 0.1) is 10.1 Å². The van der Waals surface area contributed by atoms with E-state index in [0.29, 0.717) is 17.1 Å². The van der Waals surface area contributed by atoms with Crippen LogP contribution in [0.5, 0.6) is 5.75 Å². The summed E-state index contributed by atoms with van der Waals surface area (Å²) in [5.41, 5.74) is 1.72. The van der Waals surface area contributed by atoms with E-state index in [2.05, 4.69) is 5.32 Å². The number of halogens is 1. The van der Waals surface area contributed by atoms with Gasteiger partial charge in [-0.2, -0.15) is 0 Å². The summed E-state index contributed by atoms with van der Waals surface area (Å²) in [4.78, 5) is 10.2. The number of para-hydroxylation sites is 1. The first-order chi connectivity index (χ1) is 10.1. The second-order valence-corrected chi connectivity index (χ2v) is 4.87. The molecule has 0 spiro atoms. The Morgan fingerprint density at radius 1 is 1.24 bits per heavy atom. The number of hydrogen-bond donors (Lipinski definition) is 1. The molecule has 2 rings (SSSR count). The van der Waals surface area contributed by atoms with Crippen LogP contribution in [-0.4, -0.2) is 12.0 Å². The first-order valence-corrected chi connectivity index (χ1v) is 6.77. The van der Waals surface area contributed by atoms with Gasteiger partial charge in [-0.3, -0.25) is 10.1 Å². The fraction of sp³-hybridized carbons (Fsp3) is 0.200. The van der Waals surface area contributed by atoms with Crippen molar-refractivity contribution in [1.82, 2.24) is 5.32 Å². The molecule has 0 heterocycles. The highest BCUT2D eigenvalue weighted by Gasteiger charge is 2.10. The molecule has 0 aliphatic rings. The van der Waals surface area contributed by atoms with Crippen molar-refractivity contribution in [3.63, 3.8) is 0 Å². The summed E-state index contributed by atoms with van der Waals surface area (Å²) in [6.45, 7) is 0.960. The number of nitrogens with one attached hydrogen (secondary N) is 1. The summed E-state index contributed by atoms with van der Waals surface area (Å²) in [6.07, 6.45) is 0. The van der Waals surface area contributed by atoms with Crippen molar-refractivity contribution in [3.05, 3.63) is 68.7 Å². The maximum atomic E-state index is 10.7. The predicted octanol–water partition coefficient (Wildman–Crippen LogP) is 3.55. The number of nitro benzene ring substituents is 1. The first kappa shape index (κ1) is 15.3. The minimum Gasteiger partial charge on any atom is -0.489 e. The number of nitrogens with zero attached hydrogens (tertiary/aromatic N) is 1. The summed E-state index contributed by atoms with van der Waals surface area (Å²) in [5, 5.41) is 14.1. The topological polar surface area (TPSA) is 64.4 Å². The third-order valence-corrected chi connectivity index (χ3v) is 3.32. The van der Waals surface area contributed by atoms with Gasteiger partial charge in [-0.15, -0.1) is 0 Å². The van der Waals surface area contributed by atoms with E-state index < -0.39 is 4.92 Å². The third-order valence-electron chi connectivity index (χ3n) is 2.97. The molecule has 0 radical (unpaired) electrons. The molecule has 110 valence electrons. The van der Waals surface area contributed by atoms with Crippen LogP contribution in [0.15, 0.2) is 42.5 Å². The average Bonchev–Trinajstić information content (AvgIpc) is 2.47. The minimum atomic E-state index is -0.473. The summed E-state index contributed by atoms with van der Waals surface area (Å²) < 4.78 is 5.76. The molecular formula is C15H15ClN2O3. The zero-order valence-corrected chi connectivity index (χ0v) is 12.3. The van der Waals surface area contributed by atoms with E-state index in [-0.39, 0.29) is 12.3 Å². The Bertz CT molecular complexity index is 647. The van der Waals surface area contributed by atoms with Crippen LogP contribution in [0.1, 0.15) is 11.1 Å². The summed E-state index contributed by atoms with van der Waals surface area (Å²) in [6, 6.07) is 12.1. The van der Waals surface area contributed by atoms with Gasteiger partial charge in [-0.25, -0.2) is 0 Å². The van der Waals surface area contributed by atoms with Gasteiger partial charge >= 0.3 is 0 Å². The maximum Gasteiger partial charge on any atom is 0.270 e. The van der Waals surface area contributed by atoms with E-state index in [4.69, 9.17) is 16.3 Å². The van der Waals surface area contributed by atoms with Crippen LogP contribution in [0.4, 0.5) is 5.69 Å². The van der Waals surface area contributed by atoms with Gasteiger partial charge in [0.25, 0.3) is 5.69 Å². The van der Waals surface area contributed by atoms with E-state index in [1.165, 1.54) is 12.1 Å². The molecule has 21 heavy (non-hydrogen) atoms. The SMILES string of the molecule is CNCc1ccccc1OCc1ccc([N+](=O)[O-])cc1Cl. The Kier molecular flexibility index (Phi) is 5.14. The van der Waals surface area contributed by atoms with Crippen LogP contribution in [-0.2, 0) is 13.2 Å². The summed E-state index contributed by atoms with van der Waals surface area (Å²) in [5.74, 6) is 0.765. The molecule has 0 aromatic heterocycles. The van der Waals surface area contributed by atoms with Crippen LogP contribution in [0.2, 0.25) is 5.02 Å². The quantitative estimate of drug-likeness (QED) is 0.655. The van der Waals surface area contributed by atoms with Gasteiger partial charge in [0.15, 0.2) is 0 Å². The maximum absolute atomic E-state index is 10.7. The summed E-state index contributed by atoms with van der Waals surface area (Å²) >= 11 is 6.04. The fourth-order valence-corrected chi connectivity index (χ4v) is 2.13. The molecule has 0 saturated heterocycles. The molecule has 1 N–H and O–H groups in total. The largest absolute Gasteiger partial charge is 0.489 e. The van der Waals surface area contributed by atoms with Crippen molar-refractivity contribution in [2.24, 2.45) is 0 Å². The third kappa shape index (κ3) is 3.93. The number of benzene rings is 2. The Morgan fingerprint density at radius 3 is 2.67 bits per heavy atom. The Labute approximate surface area is 127 Å². The molecule has 0 bridgehead atoms. The second-order valence-electron chi connectivity index (χ2n) is 4.46. The molecule has 0 amide bonds. The van der Waals surface area contributed by atoms with Crippen molar-refractivity contribution in [3.8, 4) is 5.75 Å². The highest BCUT2D eigenvalue weighted by molar-refractivity contribution is 6.31. The van der Waals surface area contributed by atoms with Crippen LogP contribution >= 0.6 is 11.6 Å². The molecule has 0 aliphatic carbocycles. The van der Waals surface area contributed by atoms with Crippen molar-refractivity contribution >= 4 is 17.3 Å². The van der Waals surface area contributed by atoms with Crippen LogP contribution in [0.25, 0.3) is 0 Å². The molecule has 6 heteroatoms. The van der Waals surface area contributed by atoms with Gasteiger partial charge < -0.3 is 10.1 Å². The van der Waals surface area contributed by atoms with Crippen LogP contribution < -0.4 is 10.1 Å². The van der Waals surface area contributed by atoms with E-state index in [1.807, 2.05) is 31.3 Å². The predicted molar refractivity (Wildman–Crippen MR) is 81.6 cm³/mol. The van der Waals surface area contributed by atoms with Gasteiger partial charge in [0.1, 0.15) is 12.4 Å². The van der Waals surface area contributed by atoms with Gasteiger partial charge in [0, 0.05) is 29.8 Å². The lowest BCUT2D eigenvalue weighted by Gasteiger charge is -2.12. The molecular weight excluding hydrogens is 292 g/mol. The molecule has 2 aromatic rings. The van der Waals surface area contributed by atoms with Gasteiger partial charge in [-0.1, -0.05) is 29.8 Å². The lowest BCUT2D eigenvalue weighted by Crippen LogP contribution is -2.07. The Hall–Kier alpha value is -2.11. The standard InChI is InChI=1S/C15H15ClN2O3/c1-17-9-11-4-2-3-5-15(11)21-10-12-6-7-13(18(19)20)8-14(12)16/h2-8,17H,9-10H2,1H3. The highest BCUT2D eigenvalue weighted by Crippen LogP contribution is 2.25. The van der Waals surface area contributed by atoms with E-state index in [9.17, 15) is 10.1 Å². The minimum absolute atomic E-state index is 0.0284. The van der Waals surface area contributed by atoms with E-state index in [1.54, 1.807) is 6.07 Å². The molecule has 0 saturated carbocycles. The lowest BCUT2D eigenvalue weighted by molar-refractivity contribution is -0.384. The number of non-ortho nitro benzene ring substituents is 1. The molecule has 5 nitrogen and oxygen atoms in total. The Balaban J connectivity index is 2.11. The molecule has 0 fully saturated rings. The van der Waals surface area contributed by atoms with Crippen molar-refractivity contribution in [2.45, 2.75) is 13.2 Å². The average molecular weight is 307 g/mol. The normalized spacial score (nSPS) is 10.4. The molecule has 0 atom stereocenters. The lowest BCUT2D eigenvalue weighted by atomic mass is 10.2. The van der Waals surface area contributed by atoms with E-state index >= 15 is 0 Å².